The van der Waals surface area contributed by atoms with Crippen molar-refractivity contribution in [2.75, 3.05) is 7.11 Å². The fraction of sp³-hybridized carbons (Fsp3) is 0.667. The molecule has 0 bridgehead atoms. The Hall–Kier alpha value is -1.14. The molecule has 0 aliphatic rings. The molecule has 0 aliphatic carbocycles. The van der Waals surface area contributed by atoms with Gasteiger partial charge in [-0.1, -0.05) is 0 Å². The maximum atomic E-state index is 10.4. The van der Waals surface area contributed by atoms with Gasteiger partial charge in [-0.2, -0.15) is 0 Å². The summed E-state index contributed by atoms with van der Waals surface area (Å²) in [6.45, 7) is 0.980. The van der Waals surface area contributed by atoms with Gasteiger partial charge in [0.25, 0.3) is 0 Å². The number of methoxy groups -OCH3 is 1. The first-order valence-corrected chi connectivity index (χ1v) is 3.05. The van der Waals surface area contributed by atoms with Gasteiger partial charge in [0, 0.05) is 7.11 Å². The zero-order valence-corrected chi connectivity index (χ0v) is 6.64. The number of aliphatic hydroxyl groups is 1. The van der Waals surface area contributed by atoms with E-state index in [1.807, 2.05) is 0 Å². The van der Waals surface area contributed by atoms with Crippen LogP contribution in [0.3, 0.4) is 0 Å². The molecule has 0 aliphatic heterocycles. The number of carboxylic acids is 2. The van der Waals surface area contributed by atoms with Crippen LogP contribution in [0.4, 0.5) is 0 Å². The highest BCUT2D eigenvalue weighted by atomic mass is 16.5. The molecule has 0 aromatic rings. The summed E-state index contributed by atoms with van der Waals surface area (Å²) >= 11 is 0. The molecule has 0 saturated carbocycles. The van der Waals surface area contributed by atoms with Crippen molar-refractivity contribution in [3.05, 3.63) is 0 Å². The second-order valence-electron chi connectivity index (χ2n) is 2.36. The van der Waals surface area contributed by atoms with Crippen LogP contribution in [0.25, 0.3) is 0 Å². The van der Waals surface area contributed by atoms with Crippen LogP contribution in [0.2, 0.25) is 0 Å². The maximum absolute atomic E-state index is 10.4. The van der Waals surface area contributed by atoms with Gasteiger partial charge in [0.05, 0.1) is 0 Å². The van der Waals surface area contributed by atoms with Crippen LogP contribution in [0.15, 0.2) is 0 Å². The first-order valence-electron chi connectivity index (χ1n) is 3.05. The van der Waals surface area contributed by atoms with E-state index in [2.05, 4.69) is 4.74 Å². The Labute approximate surface area is 68.4 Å². The number of carbonyl (C=O) groups is 2. The zero-order chi connectivity index (χ0) is 9.94. The smallest absolute Gasteiger partial charge is 0.339 e. The van der Waals surface area contributed by atoms with Crippen molar-refractivity contribution >= 4 is 11.9 Å². The van der Waals surface area contributed by atoms with Gasteiger partial charge in [-0.25, -0.2) is 9.59 Å². The van der Waals surface area contributed by atoms with Gasteiger partial charge in [-0.05, 0) is 6.92 Å². The van der Waals surface area contributed by atoms with Crippen LogP contribution in [0, 0.1) is 0 Å². The van der Waals surface area contributed by atoms with E-state index >= 15 is 0 Å². The van der Waals surface area contributed by atoms with E-state index in [1.54, 1.807) is 0 Å². The van der Waals surface area contributed by atoms with E-state index in [9.17, 15) is 9.59 Å². The molecule has 0 aromatic heterocycles. The second-order valence-corrected chi connectivity index (χ2v) is 2.36. The minimum atomic E-state index is -2.11. The average molecular weight is 178 g/mol. The van der Waals surface area contributed by atoms with E-state index in [0.717, 1.165) is 14.0 Å². The SMILES string of the molecule is CO[C@](C)(C(=O)O)[C@H](O)C(=O)O. The van der Waals surface area contributed by atoms with Crippen molar-refractivity contribution in [2.24, 2.45) is 0 Å². The highest BCUT2D eigenvalue weighted by Crippen LogP contribution is 2.15. The van der Waals surface area contributed by atoms with Gasteiger partial charge in [0.2, 0.25) is 0 Å². The second kappa shape index (κ2) is 3.51. The Bertz CT molecular complexity index is 200. The number of aliphatic carboxylic acids is 2. The molecule has 6 heteroatoms. The van der Waals surface area contributed by atoms with Crippen molar-refractivity contribution in [3.8, 4) is 0 Å². The lowest BCUT2D eigenvalue weighted by molar-refractivity contribution is -0.185. The third kappa shape index (κ3) is 1.72. The van der Waals surface area contributed by atoms with Crippen LogP contribution in [-0.2, 0) is 14.3 Å². The van der Waals surface area contributed by atoms with Gasteiger partial charge in [-0.3, -0.25) is 0 Å². The van der Waals surface area contributed by atoms with Crippen LogP contribution in [-0.4, -0.2) is 46.1 Å². The first kappa shape index (κ1) is 10.9. The molecule has 0 unspecified atom stereocenters. The quantitative estimate of drug-likeness (QED) is 0.506. The standard InChI is InChI=1S/C6H10O6/c1-6(12-2,5(10)11)3(7)4(8)9/h3,7H,1-2H3,(H,8,9)(H,10,11)/t3-,6+/m1/s1. The number of hydrogen-bond donors (Lipinski definition) is 3. The molecule has 0 saturated heterocycles. The van der Waals surface area contributed by atoms with Crippen molar-refractivity contribution < 1.29 is 29.6 Å². The molecule has 70 valence electrons. The van der Waals surface area contributed by atoms with Crippen molar-refractivity contribution in [2.45, 2.75) is 18.6 Å². The topological polar surface area (TPSA) is 104 Å². The van der Waals surface area contributed by atoms with E-state index in [0.29, 0.717) is 0 Å². The summed E-state index contributed by atoms with van der Waals surface area (Å²) in [5.74, 6) is -3.17. The highest BCUT2D eigenvalue weighted by Gasteiger charge is 2.45. The lowest BCUT2D eigenvalue weighted by Gasteiger charge is -2.25. The Balaban J connectivity index is 4.75. The fourth-order valence-corrected chi connectivity index (χ4v) is 0.552. The van der Waals surface area contributed by atoms with Gasteiger partial charge >= 0.3 is 11.9 Å². The van der Waals surface area contributed by atoms with Crippen LogP contribution in [0.1, 0.15) is 6.92 Å². The summed E-state index contributed by atoms with van der Waals surface area (Å²) in [5.41, 5.74) is -2.11. The molecule has 2 atom stereocenters. The number of hydrogen-bond acceptors (Lipinski definition) is 4. The van der Waals surface area contributed by atoms with E-state index in [4.69, 9.17) is 15.3 Å². The Kier molecular flexibility index (Phi) is 3.17. The largest absolute Gasteiger partial charge is 0.479 e. The molecular weight excluding hydrogens is 168 g/mol. The summed E-state index contributed by atoms with van der Waals surface area (Å²) in [5, 5.41) is 25.7. The number of ether oxygens (including phenoxy) is 1. The molecule has 12 heavy (non-hydrogen) atoms. The zero-order valence-electron chi connectivity index (χ0n) is 6.64. The summed E-state index contributed by atoms with van der Waals surface area (Å²) in [6.07, 6.45) is -2.08. The molecule has 3 N–H and O–H groups in total. The maximum Gasteiger partial charge on any atom is 0.339 e. The number of aliphatic hydroxyl groups excluding tert-OH is 1. The molecule has 0 heterocycles. The predicted octanol–water partition coefficient (Wildman–Crippen LogP) is -1.08. The minimum absolute atomic E-state index is 0.980. The van der Waals surface area contributed by atoms with Crippen molar-refractivity contribution in [1.29, 1.82) is 0 Å². The van der Waals surface area contributed by atoms with E-state index in [1.165, 1.54) is 0 Å². The molecule has 0 radical (unpaired) electrons. The molecule has 0 aromatic carbocycles. The molecule has 0 spiro atoms. The third-order valence-corrected chi connectivity index (χ3v) is 1.60. The lowest BCUT2D eigenvalue weighted by atomic mass is 9.99. The summed E-state index contributed by atoms with van der Waals surface area (Å²) in [4.78, 5) is 20.7. The molecule has 0 rings (SSSR count). The lowest BCUT2D eigenvalue weighted by Crippen LogP contribution is -2.52. The summed E-state index contributed by atoms with van der Waals surface area (Å²) in [6, 6.07) is 0. The Morgan fingerprint density at radius 2 is 1.83 bits per heavy atom. The monoisotopic (exact) mass is 178 g/mol. The fourth-order valence-electron chi connectivity index (χ4n) is 0.552. The van der Waals surface area contributed by atoms with Gasteiger partial charge in [0.15, 0.2) is 11.7 Å². The van der Waals surface area contributed by atoms with Gasteiger partial charge in [0.1, 0.15) is 0 Å². The first-order chi connectivity index (χ1) is 5.36. The van der Waals surface area contributed by atoms with Crippen LogP contribution in [0.5, 0.6) is 0 Å². The average Bonchev–Trinajstić information content (AvgIpc) is 2.01. The Morgan fingerprint density at radius 3 is 1.92 bits per heavy atom. The number of rotatable bonds is 4. The van der Waals surface area contributed by atoms with Crippen LogP contribution < -0.4 is 0 Å². The summed E-state index contributed by atoms with van der Waals surface area (Å²) in [7, 11) is 1.01. The van der Waals surface area contributed by atoms with Gasteiger partial charge in [-0.15, -0.1) is 0 Å². The van der Waals surface area contributed by atoms with E-state index < -0.39 is 23.6 Å². The number of carboxylic acid groups (broad SMARTS) is 2. The molecule has 0 fully saturated rings. The molecule has 6 nitrogen and oxygen atoms in total. The van der Waals surface area contributed by atoms with Gasteiger partial charge < -0.3 is 20.1 Å². The molecular formula is C6H10O6. The summed E-state index contributed by atoms with van der Waals surface area (Å²) < 4.78 is 4.39. The predicted molar refractivity (Wildman–Crippen MR) is 36.7 cm³/mol. The Morgan fingerprint density at radius 1 is 1.42 bits per heavy atom. The van der Waals surface area contributed by atoms with Crippen molar-refractivity contribution in [3.63, 3.8) is 0 Å². The van der Waals surface area contributed by atoms with Crippen molar-refractivity contribution in [1.82, 2.24) is 0 Å². The molecule has 0 amide bonds. The third-order valence-electron chi connectivity index (χ3n) is 1.60. The van der Waals surface area contributed by atoms with E-state index in [-0.39, 0.29) is 0 Å². The normalized spacial score (nSPS) is 17.9. The minimum Gasteiger partial charge on any atom is -0.479 e. The highest BCUT2D eigenvalue weighted by molar-refractivity contribution is 5.86. The van der Waals surface area contributed by atoms with Crippen LogP contribution >= 0.6 is 0 Å².